The Kier molecular flexibility index (Phi) is 5.87. The lowest BCUT2D eigenvalue weighted by Crippen LogP contribution is -2.32. The summed E-state index contributed by atoms with van der Waals surface area (Å²) in [5.74, 6) is 0.912. The molecule has 4 heteroatoms. The van der Waals surface area contributed by atoms with Gasteiger partial charge in [0.25, 0.3) is 0 Å². The number of anilines is 1. The zero-order valence-corrected chi connectivity index (χ0v) is 12.2. The minimum Gasteiger partial charge on any atom is -0.406 e. The molecule has 1 aliphatic heterocycles. The van der Waals surface area contributed by atoms with Crippen LogP contribution in [0.15, 0.2) is 24.3 Å². The number of unbranched alkanes of at least 4 members (excludes halogenated alkanes) is 1. The quantitative estimate of drug-likeness (QED) is 0.863. The first-order valence-electron chi connectivity index (χ1n) is 7.61. The molecule has 1 aromatic rings. The van der Waals surface area contributed by atoms with Crippen molar-refractivity contribution in [2.45, 2.75) is 45.4 Å². The number of piperidine rings is 1. The Hall–Kier alpha value is -1.55. The molecule has 1 fully saturated rings. The summed E-state index contributed by atoms with van der Waals surface area (Å²) in [5, 5.41) is 4.91. The minimum absolute atomic E-state index is 0.0801. The van der Waals surface area contributed by atoms with E-state index in [2.05, 4.69) is 12.2 Å². The van der Waals surface area contributed by atoms with E-state index in [-0.39, 0.29) is 5.91 Å². The van der Waals surface area contributed by atoms with Gasteiger partial charge >= 0.3 is 0 Å². The van der Waals surface area contributed by atoms with Crippen molar-refractivity contribution in [3.05, 3.63) is 24.3 Å². The molecule has 1 aliphatic rings. The van der Waals surface area contributed by atoms with Gasteiger partial charge in [-0.05, 0) is 43.5 Å². The fourth-order valence-corrected chi connectivity index (χ4v) is 2.27. The molecule has 0 spiro atoms. The molecule has 110 valence electrons. The number of rotatable bonds is 6. The fourth-order valence-electron chi connectivity index (χ4n) is 2.27. The molecule has 1 N–H and O–H groups in total. The van der Waals surface area contributed by atoms with Crippen LogP contribution in [0.3, 0.4) is 0 Å². The lowest BCUT2D eigenvalue weighted by Gasteiger charge is -2.26. The van der Waals surface area contributed by atoms with Gasteiger partial charge in [0.2, 0.25) is 5.91 Å². The largest absolute Gasteiger partial charge is 0.406 e. The molecule has 2 rings (SSSR count). The normalized spacial score (nSPS) is 15.8. The van der Waals surface area contributed by atoms with Gasteiger partial charge in [-0.1, -0.05) is 19.8 Å². The Morgan fingerprint density at radius 1 is 1.20 bits per heavy atom. The standard InChI is InChI=1S/C16H24N2O2/c1-2-3-7-16(19)17-14-8-10-15(11-9-14)20-18-12-5-4-6-13-18/h8-11H,2-7,12-13H2,1H3,(H,17,19). The first kappa shape index (κ1) is 14.9. The van der Waals surface area contributed by atoms with Crippen molar-refractivity contribution in [1.82, 2.24) is 5.06 Å². The number of hydrogen-bond acceptors (Lipinski definition) is 3. The molecular formula is C16H24N2O2. The van der Waals surface area contributed by atoms with E-state index < -0.39 is 0 Å². The second kappa shape index (κ2) is 7.90. The maximum absolute atomic E-state index is 11.6. The molecule has 1 aromatic carbocycles. The van der Waals surface area contributed by atoms with Crippen LogP contribution in [-0.2, 0) is 4.79 Å². The van der Waals surface area contributed by atoms with Crippen molar-refractivity contribution >= 4 is 11.6 Å². The van der Waals surface area contributed by atoms with Crippen LogP contribution >= 0.6 is 0 Å². The highest BCUT2D eigenvalue weighted by molar-refractivity contribution is 5.90. The first-order valence-corrected chi connectivity index (χ1v) is 7.61. The van der Waals surface area contributed by atoms with Crippen molar-refractivity contribution in [3.8, 4) is 5.75 Å². The van der Waals surface area contributed by atoms with Crippen LogP contribution in [0.2, 0.25) is 0 Å². The Bertz CT molecular complexity index is 411. The third kappa shape index (κ3) is 4.85. The third-order valence-corrected chi connectivity index (χ3v) is 3.45. The summed E-state index contributed by atoms with van der Waals surface area (Å²) in [7, 11) is 0. The number of carbonyl (C=O) groups excluding carboxylic acids is 1. The van der Waals surface area contributed by atoms with Crippen molar-refractivity contribution in [3.63, 3.8) is 0 Å². The van der Waals surface area contributed by atoms with Crippen LogP contribution in [0.5, 0.6) is 5.75 Å². The maximum atomic E-state index is 11.6. The minimum atomic E-state index is 0.0801. The van der Waals surface area contributed by atoms with Crippen LogP contribution in [0.4, 0.5) is 5.69 Å². The lowest BCUT2D eigenvalue weighted by molar-refractivity contribution is -0.116. The molecular weight excluding hydrogens is 252 g/mol. The van der Waals surface area contributed by atoms with E-state index in [9.17, 15) is 4.79 Å². The van der Waals surface area contributed by atoms with Gasteiger partial charge in [0.15, 0.2) is 0 Å². The number of hydrogen-bond donors (Lipinski definition) is 1. The van der Waals surface area contributed by atoms with Crippen LogP contribution in [0.1, 0.15) is 45.4 Å². The topological polar surface area (TPSA) is 41.6 Å². The summed E-state index contributed by atoms with van der Waals surface area (Å²) >= 11 is 0. The Morgan fingerprint density at radius 2 is 1.90 bits per heavy atom. The summed E-state index contributed by atoms with van der Waals surface area (Å²) in [6, 6.07) is 7.60. The van der Waals surface area contributed by atoms with E-state index in [0.29, 0.717) is 6.42 Å². The molecule has 1 amide bonds. The van der Waals surface area contributed by atoms with Crippen molar-refractivity contribution < 1.29 is 9.63 Å². The molecule has 1 saturated heterocycles. The highest BCUT2D eigenvalue weighted by atomic mass is 16.7. The van der Waals surface area contributed by atoms with E-state index >= 15 is 0 Å². The highest BCUT2D eigenvalue weighted by Crippen LogP contribution is 2.19. The van der Waals surface area contributed by atoms with Gasteiger partial charge in [-0.25, -0.2) is 0 Å². The van der Waals surface area contributed by atoms with E-state index in [1.54, 1.807) is 0 Å². The maximum Gasteiger partial charge on any atom is 0.224 e. The molecule has 0 unspecified atom stereocenters. The van der Waals surface area contributed by atoms with Gasteiger partial charge in [0, 0.05) is 25.2 Å². The molecule has 20 heavy (non-hydrogen) atoms. The smallest absolute Gasteiger partial charge is 0.224 e. The van der Waals surface area contributed by atoms with Gasteiger partial charge in [0.05, 0.1) is 0 Å². The summed E-state index contributed by atoms with van der Waals surface area (Å²) < 4.78 is 0. The van der Waals surface area contributed by atoms with Gasteiger partial charge in [0.1, 0.15) is 5.75 Å². The predicted octanol–water partition coefficient (Wildman–Crippen LogP) is 3.60. The number of amides is 1. The molecule has 0 saturated carbocycles. The number of carbonyl (C=O) groups is 1. The van der Waals surface area contributed by atoms with Crippen LogP contribution in [0.25, 0.3) is 0 Å². The lowest BCUT2D eigenvalue weighted by atomic mass is 10.2. The molecule has 0 aromatic heterocycles. The second-order valence-electron chi connectivity index (χ2n) is 5.26. The second-order valence-corrected chi connectivity index (χ2v) is 5.26. The Balaban J connectivity index is 1.81. The number of nitrogens with zero attached hydrogens (tertiary/aromatic N) is 1. The zero-order valence-electron chi connectivity index (χ0n) is 12.2. The third-order valence-electron chi connectivity index (χ3n) is 3.45. The Morgan fingerprint density at radius 3 is 2.55 bits per heavy atom. The van der Waals surface area contributed by atoms with Gasteiger partial charge in [-0.3, -0.25) is 4.79 Å². The van der Waals surface area contributed by atoms with E-state index in [0.717, 1.165) is 37.4 Å². The summed E-state index contributed by atoms with van der Waals surface area (Å²) in [6.07, 6.45) is 6.25. The highest BCUT2D eigenvalue weighted by Gasteiger charge is 2.11. The summed E-state index contributed by atoms with van der Waals surface area (Å²) in [4.78, 5) is 17.4. The monoisotopic (exact) mass is 276 g/mol. The van der Waals surface area contributed by atoms with E-state index in [1.165, 1.54) is 19.3 Å². The zero-order chi connectivity index (χ0) is 14.2. The van der Waals surface area contributed by atoms with Crippen molar-refractivity contribution in [2.24, 2.45) is 0 Å². The average Bonchev–Trinajstić information content (AvgIpc) is 2.48. The van der Waals surface area contributed by atoms with Crippen molar-refractivity contribution in [2.75, 3.05) is 18.4 Å². The molecule has 0 bridgehead atoms. The Labute approximate surface area is 121 Å². The number of hydroxylamine groups is 2. The van der Waals surface area contributed by atoms with Gasteiger partial charge < -0.3 is 10.2 Å². The van der Waals surface area contributed by atoms with E-state index in [1.807, 2.05) is 29.3 Å². The molecule has 0 aliphatic carbocycles. The van der Waals surface area contributed by atoms with Crippen molar-refractivity contribution in [1.29, 1.82) is 0 Å². The molecule has 1 heterocycles. The fraction of sp³-hybridized carbons (Fsp3) is 0.562. The van der Waals surface area contributed by atoms with E-state index in [4.69, 9.17) is 4.84 Å². The predicted molar refractivity (Wildman–Crippen MR) is 80.6 cm³/mol. The molecule has 0 radical (unpaired) electrons. The van der Waals surface area contributed by atoms with Crippen LogP contribution in [-0.4, -0.2) is 24.1 Å². The first-order chi connectivity index (χ1) is 9.78. The number of nitrogens with one attached hydrogen (secondary N) is 1. The summed E-state index contributed by atoms with van der Waals surface area (Å²) in [5.41, 5.74) is 0.831. The van der Waals surface area contributed by atoms with Crippen LogP contribution in [0, 0.1) is 0 Å². The average molecular weight is 276 g/mol. The van der Waals surface area contributed by atoms with Crippen LogP contribution < -0.4 is 10.2 Å². The molecule has 0 atom stereocenters. The number of benzene rings is 1. The SMILES string of the molecule is CCCCC(=O)Nc1ccc(ON2CCCCC2)cc1. The van der Waals surface area contributed by atoms with Gasteiger partial charge in [-0.15, -0.1) is 5.06 Å². The molecule has 4 nitrogen and oxygen atoms in total. The summed E-state index contributed by atoms with van der Waals surface area (Å²) in [6.45, 7) is 4.07. The van der Waals surface area contributed by atoms with Gasteiger partial charge in [-0.2, -0.15) is 0 Å².